The summed E-state index contributed by atoms with van der Waals surface area (Å²) in [6.07, 6.45) is 7.35. The topological polar surface area (TPSA) is 53.2 Å². The van der Waals surface area contributed by atoms with Gasteiger partial charge in [0.2, 0.25) is 0 Å². The Morgan fingerprint density at radius 2 is 1.78 bits per heavy atom. The highest BCUT2D eigenvalue weighted by molar-refractivity contribution is 5.83. The van der Waals surface area contributed by atoms with E-state index >= 15 is 0 Å². The van der Waals surface area contributed by atoms with Crippen LogP contribution in [0.4, 0.5) is 11.4 Å². The third-order valence-electron chi connectivity index (χ3n) is 6.13. The number of aromatic amines is 1. The molecule has 1 saturated heterocycles. The van der Waals surface area contributed by atoms with Crippen molar-refractivity contribution >= 4 is 22.3 Å². The van der Waals surface area contributed by atoms with E-state index in [1.54, 1.807) is 0 Å². The van der Waals surface area contributed by atoms with Crippen molar-refractivity contribution in [3.63, 3.8) is 0 Å². The van der Waals surface area contributed by atoms with E-state index < -0.39 is 0 Å². The normalized spacial score (nSPS) is 14.6. The van der Waals surface area contributed by atoms with Crippen LogP contribution in [0.1, 0.15) is 23.2 Å². The van der Waals surface area contributed by atoms with Gasteiger partial charge in [0.1, 0.15) is 0 Å². The molecule has 2 aromatic carbocycles. The second-order valence-electron chi connectivity index (χ2n) is 8.46. The van der Waals surface area contributed by atoms with E-state index in [1.165, 1.54) is 22.0 Å². The average Bonchev–Trinajstić information content (AvgIpc) is 3.24. The van der Waals surface area contributed by atoms with Crippen LogP contribution in [0, 0.1) is 0 Å². The predicted octanol–water partition coefficient (Wildman–Crippen LogP) is 5.31. The lowest BCUT2D eigenvalue weighted by Gasteiger charge is -2.26. The molecule has 0 aliphatic carbocycles. The van der Waals surface area contributed by atoms with Gasteiger partial charge >= 0.3 is 0 Å². The molecule has 5 nitrogen and oxygen atoms in total. The van der Waals surface area contributed by atoms with Crippen molar-refractivity contribution in [3.05, 3.63) is 89.9 Å². The smallest absolute Gasteiger partial charge is 0.0594 e. The number of aryl methyl sites for hydroxylation is 2. The molecule has 3 heterocycles. The highest BCUT2D eigenvalue weighted by atomic mass is 16.5. The maximum atomic E-state index is 5.43. The highest BCUT2D eigenvalue weighted by Gasteiger charge is 2.11. The third kappa shape index (κ3) is 5.18. The van der Waals surface area contributed by atoms with Gasteiger partial charge in [0.25, 0.3) is 0 Å². The van der Waals surface area contributed by atoms with Crippen LogP contribution in [0.15, 0.2) is 73.1 Å². The first-order valence-corrected chi connectivity index (χ1v) is 11.5. The molecule has 4 aromatic rings. The Balaban J connectivity index is 1.14. The molecule has 0 spiro atoms. The van der Waals surface area contributed by atoms with Gasteiger partial charge in [-0.1, -0.05) is 30.3 Å². The summed E-state index contributed by atoms with van der Waals surface area (Å²) in [5, 5.41) is 4.86. The minimum atomic E-state index is 0.812. The third-order valence-corrected chi connectivity index (χ3v) is 6.13. The van der Waals surface area contributed by atoms with Crippen LogP contribution in [-0.2, 0) is 24.1 Å². The average molecular weight is 427 g/mol. The minimum absolute atomic E-state index is 0.812. The number of pyridine rings is 1. The standard InChI is InChI=1S/C27H30N4O/c1-2-7-27-26(6-1)22(19-29-27)5-3-4-21-8-10-23(11-9-21)30-24-12-13-28-25(18-24)20-31-14-16-32-17-15-31/h1-2,6-13,18-19,29H,3-5,14-17,20H2,(H,28,30). The molecule has 1 fully saturated rings. The van der Waals surface area contributed by atoms with Gasteiger partial charge < -0.3 is 15.0 Å². The molecular weight excluding hydrogens is 396 g/mol. The number of fused-ring (bicyclic) bond motifs is 1. The van der Waals surface area contributed by atoms with Crippen LogP contribution in [0.3, 0.4) is 0 Å². The number of nitrogens with one attached hydrogen (secondary N) is 2. The molecule has 1 aliphatic heterocycles. The summed E-state index contributed by atoms with van der Waals surface area (Å²) in [4.78, 5) is 10.3. The number of morpholine rings is 1. The minimum Gasteiger partial charge on any atom is -0.379 e. The number of benzene rings is 2. The fourth-order valence-electron chi connectivity index (χ4n) is 4.37. The van der Waals surface area contributed by atoms with Crippen LogP contribution in [0.5, 0.6) is 0 Å². The van der Waals surface area contributed by atoms with E-state index in [0.29, 0.717) is 0 Å². The molecule has 0 unspecified atom stereocenters. The zero-order valence-electron chi connectivity index (χ0n) is 18.4. The van der Waals surface area contributed by atoms with Gasteiger partial charge in [-0.25, -0.2) is 0 Å². The molecule has 5 rings (SSSR count). The van der Waals surface area contributed by atoms with Gasteiger partial charge in [-0.05, 0) is 60.7 Å². The highest BCUT2D eigenvalue weighted by Crippen LogP contribution is 2.21. The van der Waals surface area contributed by atoms with E-state index in [1.807, 2.05) is 12.3 Å². The molecule has 1 aliphatic rings. The van der Waals surface area contributed by atoms with Gasteiger partial charge in [0, 0.05) is 54.3 Å². The summed E-state index contributed by atoms with van der Waals surface area (Å²) in [7, 11) is 0. The second kappa shape index (κ2) is 9.98. The number of ether oxygens (including phenoxy) is 1. The SMILES string of the molecule is c1ccc2c(CCCc3ccc(Nc4ccnc(CN5CCOCC5)c4)cc3)c[nH]c2c1. The first-order chi connectivity index (χ1) is 15.8. The Morgan fingerprint density at radius 1 is 0.938 bits per heavy atom. The number of nitrogens with zero attached hydrogens (tertiary/aromatic N) is 2. The van der Waals surface area contributed by atoms with Gasteiger partial charge in [0.05, 0.1) is 18.9 Å². The van der Waals surface area contributed by atoms with Crippen LogP contribution >= 0.6 is 0 Å². The van der Waals surface area contributed by atoms with Crippen molar-refractivity contribution in [3.8, 4) is 0 Å². The fraction of sp³-hybridized carbons (Fsp3) is 0.296. The number of hydrogen-bond acceptors (Lipinski definition) is 4. The molecule has 0 saturated carbocycles. The van der Waals surface area contributed by atoms with E-state index in [2.05, 4.69) is 81.0 Å². The summed E-state index contributed by atoms with van der Waals surface area (Å²) in [6, 6.07) is 21.5. The first-order valence-electron chi connectivity index (χ1n) is 11.5. The summed E-state index contributed by atoms with van der Waals surface area (Å²) >= 11 is 0. The van der Waals surface area contributed by atoms with Crippen molar-refractivity contribution in [2.75, 3.05) is 31.6 Å². The summed E-state index contributed by atoms with van der Waals surface area (Å²) in [5.41, 5.74) is 7.28. The van der Waals surface area contributed by atoms with Gasteiger partial charge in [-0.15, -0.1) is 0 Å². The number of hydrogen-bond donors (Lipinski definition) is 2. The van der Waals surface area contributed by atoms with Crippen LogP contribution in [-0.4, -0.2) is 41.2 Å². The molecule has 0 atom stereocenters. The number of para-hydroxylation sites is 1. The monoisotopic (exact) mass is 426 g/mol. The van der Waals surface area contributed by atoms with E-state index in [9.17, 15) is 0 Å². The Kier molecular flexibility index (Phi) is 6.47. The zero-order chi connectivity index (χ0) is 21.6. The maximum Gasteiger partial charge on any atom is 0.0594 e. The number of anilines is 2. The largest absolute Gasteiger partial charge is 0.379 e. The lowest BCUT2D eigenvalue weighted by atomic mass is 10.0. The van der Waals surface area contributed by atoms with E-state index in [-0.39, 0.29) is 0 Å². The first kappa shape index (κ1) is 20.7. The number of H-pyrrole nitrogens is 1. The van der Waals surface area contributed by atoms with Crippen molar-refractivity contribution in [2.24, 2.45) is 0 Å². The molecule has 0 bridgehead atoms. The quantitative estimate of drug-likeness (QED) is 0.401. The van der Waals surface area contributed by atoms with Crippen molar-refractivity contribution in [1.29, 1.82) is 0 Å². The summed E-state index contributed by atoms with van der Waals surface area (Å²) in [5.74, 6) is 0. The van der Waals surface area contributed by atoms with Gasteiger partial charge in [0.15, 0.2) is 0 Å². The van der Waals surface area contributed by atoms with E-state index in [0.717, 1.165) is 69.2 Å². The molecular formula is C27H30N4O. The molecule has 0 radical (unpaired) electrons. The number of rotatable bonds is 8. The Hall–Kier alpha value is -3.15. The second-order valence-corrected chi connectivity index (χ2v) is 8.46. The van der Waals surface area contributed by atoms with Gasteiger partial charge in [-0.3, -0.25) is 9.88 Å². The van der Waals surface area contributed by atoms with Crippen LogP contribution in [0.25, 0.3) is 10.9 Å². The predicted molar refractivity (Wildman–Crippen MR) is 130 cm³/mol. The van der Waals surface area contributed by atoms with Gasteiger partial charge in [-0.2, -0.15) is 0 Å². The lowest BCUT2D eigenvalue weighted by Crippen LogP contribution is -2.35. The molecule has 164 valence electrons. The Morgan fingerprint density at radius 3 is 2.66 bits per heavy atom. The molecule has 0 amide bonds. The van der Waals surface area contributed by atoms with E-state index in [4.69, 9.17) is 4.74 Å². The molecule has 32 heavy (non-hydrogen) atoms. The van der Waals surface area contributed by atoms with Crippen molar-refractivity contribution < 1.29 is 4.74 Å². The number of aromatic nitrogens is 2. The van der Waals surface area contributed by atoms with Crippen LogP contribution < -0.4 is 5.32 Å². The Bertz CT molecular complexity index is 1150. The molecule has 5 heteroatoms. The maximum absolute atomic E-state index is 5.43. The Labute approximate surface area is 189 Å². The summed E-state index contributed by atoms with van der Waals surface area (Å²) in [6.45, 7) is 4.44. The molecule has 2 aromatic heterocycles. The lowest BCUT2D eigenvalue weighted by molar-refractivity contribution is 0.0336. The molecule has 2 N–H and O–H groups in total. The zero-order valence-corrected chi connectivity index (χ0v) is 18.4. The fourth-order valence-corrected chi connectivity index (χ4v) is 4.37. The van der Waals surface area contributed by atoms with Crippen LogP contribution in [0.2, 0.25) is 0 Å². The van der Waals surface area contributed by atoms with Crippen molar-refractivity contribution in [2.45, 2.75) is 25.8 Å². The summed E-state index contributed by atoms with van der Waals surface area (Å²) < 4.78 is 5.43. The van der Waals surface area contributed by atoms with Crippen molar-refractivity contribution in [1.82, 2.24) is 14.9 Å².